The minimum atomic E-state index is -3.74. The summed E-state index contributed by atoms with van der Waals surface area (Å²) < 4.78 is 30.0. The van der Waals surface area contributed by atoms with Gasteiger partial charge < -0.3 is 5.43 Å². The van der Waals surface area contributed by atoms with Gasteiger partial charge in [0.15, 0.2) is 10.8 Å². The highest BCUT2D eigenvalue weighted by Crippen LogP contribution is 2.28. The van der Waals surface area contributed by atoms with Gasteiger partial charge in [0.25, 0.3) is 10.0 Å². The highest BCUT2D eigenvalue weighted by Gasteiger charge is 2.34. The number of fused-ring (bicyclic) bond motifs is 1. The summed E-state index contributed by atoms with van der Waals surface area (Å²) in [5, 5.41) is 1.84. The maximum atomic E-state index is 12.8. The molecule has 0 unspecified atom stereocenters. The molecule has 2 aromatic heterocycles. The van der Waals surface area contributed by atoms with Gasteiger partial charge in [-0.25, -0.2) is 19.0 Å². The number of aromatic nitrogens is 2. The van der Waals surface area contributed by atoms with Gasteiger partial charge in [-0.1, -0.05) is 20.8 Å². The minimum absolute atomic E-state index is 0.0565. The first kappa shape index (κ1) is 16.2. The fraction of sp³-hybridized carbons (Fsp3) is 0.583. The fourth-order valence-corrected chi connectivity index (χ4v) is 5.05. The zero-order valence-corrected chi connectivity index (χ0v) is 14.0. The van der Waals surface area contributed by atoms with Crippen LogP contribution in [-0.2, 0) is 10.0 Å². The van der Waals surface area contributed by atoms with Gasteiger partial charge in [0.1, 0.15) is 0 Å². The molecule has 118 valence electrons. The molecule has 4 N–H and O–H groups in total. The van der Waals surface area contributed by atoms with Crippen LogP contribution in [0.2, 0.25) is 0 Å². The van der Waals surface area contributed by atoms with E-state index >= 15 is 0 Å². The summed E-state index contributed by atoms with van der Waals surface area (Å²) in [6, 6.07) is 0. The van der Waals surface area contributed by atoms with Crippen molar-refractivity contribution in [2.75, 3.05) is 5.43 Å². The van der Waals surface area contributed by atoms with Gasteiger partial charge in [-0.15, -0.1) is 11.3 Å². The SMILES string of the molecule is CCC(CC)(CC)NS(=O)(=O)c1c(NN)nc2sccn12. The molecule has 0 saturated heterocycles. The highest BCUT2D eigenvalue weighted by atomic mass is 32.2. The van der Waals surface area contributed by atoms with Gasteiger partial charge in [-0.3, -0.25) is 4.40 Å². The Hall–Kier alpha value is -1.16. The zero-order valence-electron chi connectivity index (χ0n) is 12.4. The predicted molar refractivity (Wildman–Crippen MR) is 84.8 cm³/mol. The van der Waals surface area contributed by atoms with Crippen molar-refractivity contribution in [2.24, 2.45) is 5.84 Å². The van der Waals surface area contributed by atoms with Crippen LogP contribution in [0.1, 0.15) is 40.0 Å². The van der Waals surface area contributed by atoms with E-state index in [0.717, 1.165) is 19.3 Å². The summed E-state index contributed by atoms with van der Waals surface area (Å²) >= 11 is 1.35. The average Bonchev–Trinajstić information content (AvgIpc) is 3.04. The second-order valence-electron chi connectivity index (χ2n) is 4.91. The van der Waals surface area contributed by atoms with Crippen LogP contribution in [-0.4, -0.2) is 23.3 Å². The normalized spacial score (nSPS) is 13.0. The third-order valence-electron chi connectivity index (χ3n) is 3.99. The van der Waals surface area contributed by atoms with Gasteiger partial charge in [-0.2, -0.15) is 4.98 Å². The van der Waals surface area contributed by atoms with Gasteiger partial charge >= 0.3 is 0 Å². The Morgan fingerprint density at radius 3 is 2.48 bits per heavy atom. The Morgan fingerprint density at radius 2 is 1.95 bits per heavy atom. The van der Waals surface area contributed by atoms with E-state index in [2.05, 4.69) is 15.1 Å². The van der Waals surface area contributed by atoms with Crippen molar-refractivity contribution in [1.82, 2.24) is 14.1 Å². The first-order valence-electron chi connectivity index (χ1n) is 6.89. The van der Waals surface area contributed by atoms with E-state index in [-0.39, 0.29) is 10.8 Å². The maximum Gasteiger partial charge on any atom is 0.260 e. The third-order valence-corrected chi connectivity index (χ3v) is 6.35. The average molecular weight is 331 g/mol. The Morgan fingerprint density at radius 1 is 1.33 bits per heavy atom. The number of nitrogen functional groups attached to an aromatic ring is 1. The molecule has 0 aliphatic rings. The topological polar surface area (TPSA) is 102 Å². The van der Waals surface area contributed by atoms with E-state index in [1.807, 2.05) is 20.8 Å². The monoisotopic (exact) mass is 331 g/mol. The van der Waals surface area contributed by atoms with E-state index in [0.29, 0.717) is 4.96 Å². The predicted octanol–water partition coefficient (Wildman–Crippen LogP) is 1.93. The number of thiazole rings is 1. The van der Waals surface area contributed by atoms with Crippen LogP contribution < -0.4 is 16.0 Å². The number of anilines is 1. The van der Waals surface area contributed by atoms with Crippen molar-refractivity contribution >= 4 is 32.1 Å². The summed E-state index contributed by atoms with van der Waals surface area (Å²) in [7, 11) is -3.74. The molecule has 0 aromatic carbocycles. The van der Waals surface area contributed by atoms with Crippen molar-refractivity contribution < 1.29 is 8.42 Å². The number of hydrogen-bond donors (Lipinski definition) is 3. The summed E-state index contributed by atoms with van der Waals surface area (Å²) in [6.45, 7) is 5.94. The summed E-state index contributed by atoms with van der Waals surface area (Å²) in [4.78, 5) is 4.77. The first-order chi connectivity index (χ1) is 9.93. The molecular formula is C12H21N5O2S2. The number of sulfonamides is 1. The van der Waals surface area contributed by atoms with Crippen LogP contribution in [0.5, 0.6) is 0 Å². The van der Waals surface area contributed by atoms with Crippen LogP contribution in [0.25, 0.3) is 4.96 Å². The van der Waals surface area contributed by atoms with E-state index in [1.54, 1.807) is 11.6 Å². The molecule has 9 heteroatoms. The number of hydrogen-bond acceptors (Lipinski definition) is 6. The molecule has 21 heavy (non-hydrogen) atoms. The molecule has 0 aliphatic carbocycles. The van der Waals surface area contributed by atoms with E-state index in [9.17, 15) is 8.42 Å². The van der Waals surface area contributed by atoms with E-state index < -0.39 is 15.6 Å². The molecule has 2 heterocycles. The van der Waals surface area contributed by atoms with Crippen LogP contribution >= 0.6 is 11.3 Å². The minimum Gasteiger partial charge on any atom is -0.306 e. The lowest BCUT2D eigenvalue weighted by atomic mass is 9.91. The van der Waals surface area contributed by atoms with Crippen LogP contribution in [0, 0.1) is 0 Å². The van der Waals surface area contributed by atoms with Crippen LogP contribution in [0.15, 0.2) is 16.6 Å². The van der Waals surface area contributed by atoms with Crippen molar-refractivity contribution in [3.63, 3.8) is 0 Å². The van der Waals surface area contributed by atoms with Crippen molar-refractivity contribution in [3.05, 3.63) is 11.6 Å². The molecule has 0 atom stereocenters. The molecule has 0 radical (unpaired) electrons. The van der Waals surface area contributed by atoms with Gasteiger partial charge in [0.2, 0.25) is 5.03 Å². The number of nitrogens with one attached hydrogen (secondary N) is 2. The Kier molecular flexibility index (Phi) is 4.57. The largest absolute Gasteiger partial charge is 0.306 e. The second kappa shape index (κ2) is 5.91. The molecule has 0 bridgehead atoms. The molecule has 0 spiro atoms. The standard InChI is InChI=1S/C12H21N5O2S2/c1-4-12(5-2,6-3)16-21(18,19)10-9(15-13)14-11-17(10)7-8-20-11/h7-8,15-16H,4-6,13H2,1-3H3. The van der Waals surface area contributed by atoms with Crippen molar-refractivity contribution in [3.8, 4) is 0 Å². The van der Waals surface area contributed by atoms with Gasteiger partial charge in [0, 0.05) is 17.1 Å². The lowest BCUT2D eigenvalue weighted by molar-refractivity contribution is 0.341. The van der Waals surface area contributed by atoms with Crippen LogP contribution in [0.3, 0.4) is 0 Å². The Balaban J connectivity index is 2.53. The molecule has 0 saturated carbocycles. The zero-order chi connectivity index (χ0) is 15.7. The maximum absolute atomic E-state index is 12.8. The number of nitrogens with two attached hydrogens (primary N) is 1. The summed E-state index contributed by atoms with van der Waals surface area (Å²) in [6.07, 6.45) is 3.83. The van der Waals surface area contributed by atoms with Gasteiger partial charge in [-0.05, 0) is 19.3 Å². The summed E-state index contributed by atoms with van der Waals surface area (Å²) in [5.41, 5.74) is 1.92. The molecule has 7 nitrogen and oxygen atoms in total. The van der Waals surface area contributed by atoms with Gasteiger partial charge in [0.05, 0.1) is 0 Å². The van der Waals surface area contributed by atoms with Crippen molar-refractivity contribution in [2.45, 2.75) is 50.6 Å². The first-order valence-corrected chi connectivity index (χ1v) is 9.25. The van der Waals surface area contributed by atoms with E-state index in [1.165, 1.54) is 15.7 Å². The lowest BCUT2D eigenvalue weighted by Crippen LogP contribution is -2.47. The fourth-order valence-electron chi connectivity index (χ4n) is 2.42. The third kappa shape index (κ3) is 2.78. The lowest BCUT2D eigenvalue weighted by Gasteiger charge is -2.31. The number of hydrazine groups is 1. The molecule has 0 fully saturated rings. The molecule has 0 amide bonds. The Labute approximate surface area is 128 Å². The summed E-state index contributed by atoms with van der Waals surface area (Å²) in [5.74, 6) is 5.58. The molecular weight excluding hydrogens is 310 g/mol. The van der Waals surface area contributed by atoms with Crippen LogP contribution in [0.4, 0.5) is 5.82 Å². The van der Waals surface area contributed by atoms with Crippen molar-refractivity contribution in [1.29, 1.82) is 0 Å². The quantitative estimate of drug-likeness (QED) is 0.531. The highest BCUT2D eigenvalue weighted by molar-refractivity contribution is 7.89. The molecule has 2 rings (SSSR count). The Bertz CT molecular complexity index is 707. The number of imidazole rings is 1. The molecule has 0 aliphatic heterocycles. The number of nitrogens with zero attached hydrogens (tertiary/aromatic N) is 2. The number of rotatable bonds is 7. The van der Waals surface area contributed by atoms with E-state index in [4.69, 9.17) is 5.84 Å². The molecule has 2 aromatic rings. The second-order valence-corrected chi connectivity index (χ2v) is 7.38. The smallest absolute Gasteiger partial charge is 0.260 e.